The summed E-state index contributed by atoms with van der Waals surface area (Å²) >= 11 is 5.90. The number of rotatable bonds is 4. The van der Waals surface area contributed by atoms with Crippen molar-refractivity contribution in [1.82, 2.24) is 9.80 Å². The first-order valence-electron chi connectivity index (χ1n) is 5.52. The quantitative estimate of drug-likeness (QED) is 0.545. The summed E-state index contributed by atoms with van der Waals surface area (Å²) in [5.74, 6) is -3.90. The molecule has 0 bridgehead atoms. The minimum atomic E-state index is -1.63. The number of imide groups is 2. The summed E-state index contributed by atoms with van der Waals surface area (Å²) in [5.41, 5.74) is 0.471. The minimum absolute atomic E-state index is 0.202. The van der Waals surface area contributed by atoms with E-state index in [9.17, 15) is 24.3 Å². The van der Waals surface area contributed by atoms with Crippen molar-refractivity contribution in [2.45, 2.75) is 6.54 Å². The Hall–Kier alpha value is -2.41. The van der Waals surface area contributed by atoms with Gasteiger partial charge in [0, 0.05) is 5.02 Å². The largest absolute Gasteiger partial charge is 0.548 e. The number of carboxylic acid groups (broad SMARTS) is 1. The highest BCUT2D eigenvalue weighted by Crippen LogP contribution is 2.20. The van der Waals surface area contributed by atoms with Crippen LogP contribution in [0.4, 0.5) is 4.79 Å². The van der Waals surface area contributed by atoms with Crippen LogP contribution in [0.25, 0.3) is 0 Å². The average Bonchev–Trinajstić information content (AvgIpc) is 2.58. The van der Waals surface area contributed by atoms with Crippen LogP contribution in [0, 0.1) is 0 Å². The monoisotopic (exact) mass is 295 g/mol. The zero-order chi connectivity index (χ0) is 14.9. The highest BCUT2D eigenvalue weighted by Gasteiger charge is 2.44. The van der Waals surface area contributed by atoms with Crippen LogP contribution >= 0.6 is 11.6 Å². The Balaban J connectivity index is 2.23. The van der Waals surface area contributed by atoms with Crippen LogP contribution in [0.2, 0.25) is 5.02 Å². The van der Waals surface area contributed by atoms with E-state index < -0.39 is 30.4 Å². The number of carboxylic acids is 1. The molecule has 1 fully saturated rings. The first kappa shape index (κ1) is 14.0. The van der Waals surface area contributed by atoms with Gasteiger partial charge in [-0.05, 0) is 11.6 Å². The number of carbonyl (C=O) groups excluding carboxylic acids is 4. The van der Waals surface area contributed by atoms with E-state index in [-0.39, 0.29) is 6.54 Å². The molecule has 1 heterocycles. The van der Waals surface area contributed by atoms with E-state index >= 15 is 0 Å². The minimum Gasteiger partial charge on any atom is -0.548 e. The van der Waals surface area contributed by atoms with Crippen molar-refractivity contribution in [3.05, 3.63) is 34.9 Å². The molecule has 20 heavy (non-hydrogen) atoms. The van der Waals surface area contributed by atoms with Crippen molar-refractivity contribution < 1.29 is 24.3 Å². The van der Waals surface area contributed by atoms with Crippen LogP contribution < -0.4 is 5.11 Å². The average molecular weight is 296 g/mol. The first-order chi connectivity index (χ1) is 9.41. The molecule has 0 atom stereocenters. The molecule has 1 aliphatic rings. The summed E-state index contributed by atoms with van der Waals surface area (Å²) in [7, 11) is 0. The van der Waals surface area contributed by atoms with E-state index in [4.69, 9.17) is 11.6 Å². The Kier molecular flexibility index (Phi) is 3.71. The van der Waals surface area contributed by atoms with Crippen molar-refractivity contribution in [3.63, 3.8) is 0 Å². The van der Waals surface area contributed by atoms with Crippen molar-refractivity contribution in [1.29, 1.82) is 0 Å². The number of benzene rings is 1. The molecule has 0 radical (unpaired) electrons. The van der Waals surface area contributed by atoms with Crippen LogP contribution in [0.15, 0.2) is 24.3 Å². The third-order valence-electron chi connectivity index (χ3n) is 2.71. The SMILES string of the molecule is O=C([O-])CN1C(=O)C(=O)N(Cc2ccccc2Cl)C1=O. The number of hydrogen-bond donors (Lipinski definition) is 0. The van der Waals surface area contributed by atoms with Gasteiger partial charge in [0.05, 0.1) is 19.1 Å². The summed E-state index contributed by atoms with van der Waals surface area (Å²) < 4.78 is 0. The van der Waals surface area contributed by atoms with Gasteiger partial charge in [-0.15, -0.1) is 0 Å². The molecule has 2 rings (SSSR count). The predicted octanol–water partition coefficient (Wildman–Crippen LogP) is -0.619. The van der Waals surface area contributed by atoms with Crippen LogP contribution in [0.5, 0.6) is 0 Å². The summed E-state index contributed by atoms with van der Waals surface area (Å²) in [6.07, 6.45) is 0. The summed E-state index contributed by atoms with van der Waals surface area (Å²) in [4.78, 5) is 46.5. The maximum atomic E-state index is 11.9. The number of nitrogens with zero attached hydrogens (tertiary/aromatic N) is 2. The smallest absolute Gasteiger partial charge is 0.334 e. The number of hydrogen-bond acceptors (Lipinski definition) is 5. The lowest BCUT2D eigenvalue weighted by Crippen LogP contribution is -2.42. The Morgan fingerprint density at radius 1 is 1.10 bits per heavy atom. The highest BCUT2D eigenvalue weighted by molar-refractivity contribution is 6.45. The lowest BCUT2D eigenvalue weighted by molar-refractivity contribution is -0.305. The second-order valence-electron chi connectivity index (χ2n) is 4.03. The van der Waals surface area contributed by atoms with Crippen LogP contribution in [-0.4, -0.2) is 40.2 Å². The standard InChI is InChI=1S/C12H9ClN2O5/c13-8-4-2-1-3-7(8)5-14-10(18)11(19)15(12(14)20)6-9(16)17/h1-4H,5-6H2,(H,16,17)/p-1. The Morgan fingerprint density at radius 2 is 1.70 bits per heavy atom. The van der Waals surface area contributed by atoms with Gasteiger partial charge in [0.2, 0.25) is 0 Å². The molecular weight excluding hydrogens is 288 g/mol. The molecule has 104 valence electrons. The van der Waals surface area contributed by atoms with Gasteiger partial charge >= 0.3 is 17.8 Å². The topological polar surface area (TPSA) is 97.8 Å². The second-order valence-corrected chi connectivity index (χ2v) is 4.44. The maximum absolute atomic E-state index is 11.9. The Labute approximate surface area is 118 Å². The van der Waals surface area contributed by atoms with Crippen molar-refractivity contribution in [2.75, 3.05) is 6.54 Å². The summed E-state index contributed by atoms with van der Waals surface area (Å²) in [6, 6.07) is 5.50. The molecular formula is C12H8ClN2O5-. The molecule has 0 spiro atoms. The molecule has 1 aromatic carbocycles. The molecule has 0 N–H and O–H groups in total. The van der Waals surface area contributed by atoms with E-state index in [1.165, 1.54) is 0 Å². The molecule has 0 aliphatic carbocycles. The fraction of sp³-hybridized carbons (Fsp3) is 0.167. The second kappa shape index (κ2) is 5.30. The normalized spacial score (nSPS) is 15.2. The summed E-state index contributed by atoms with van der Waals surface area (Å²) in [6.45, 7) is -1.16. The lowest BCUT2D eigenvalue weighted by Gasteiger charge is -2.16. The molecule has 4 amide bonds. The van der Waals surface area contributed by atoms with Gasteiger partial charge in [0.15, 0.2) is 0 Å². The first-order valence-corrected chi connectivity index (χ1v) is 5.90. The number of urea groups is 1. The van der Waals surface area contributed by atoms with Crippen molar-refractivity contribution >= 4 is 35.4 Å². The molecule has 0 saturated carbocycles. The molecule has 1 saturated heterocycles. The van der Waals surface area contributed by atoms with Gasteiger partial charge in [-0.2, -0.15) is 0 Å². The van der Waals surface area contributed by atoms with Crippen LogP contribution in [0.3, 0.4) is 0 Å². The van der Waals surface area contributed by atoms with Crippen LogP contribution in [0.1, 0.15) is 5.56 Å². The number of aliphatic carboxylic acids is 1. The summed E-state index contributed by atoms with van der Waals surface area (Å²) in [5, 5.41) is 10.8. The molecule has 8 heteroatoms. The van der Waals surface area contributed by atoms with Gasteiger partial charge < -0.3 is 9.90 Å². The zero-order valence-electron chi connectivity index (χ0n) is 10.0. The number of halogens is 1. The third-order valence-corrected chi connectivity index (χ3v) is 3.08. The molecule has 7 nitrogen and oxygen atoms in total. The van der Waals surface area contributed by atoms with Crippen molar-refractivity contribution in [2.24, 2.45) is 0 Å². The van der Waals surface area contributed by atoms with Gasteiger partial charge in [-0.3, -0.25) is 14.5 Å². The fourth-order valence-electron chi connectivity index (χ4n) is 1.76. The molecule has 0 aromatic heterocycles. The molecule has 0 unspecified atom stereocenters. The van der Waals surface area contributed by atoms with Gasteiger partial charge in [-0.1, -0.05) is 29.8 Å². The number of carbonyl (C=O) groups is 4. The Bertz CT molecular complexity index is 616. The van der Waals surface area contributed by atoms with E-state index in [0.29, 0.717) is 20.4 Å². The third kappa shape index (κ3) is 2.48. The van der Waals surface area contributed by atoms with E-state index in [2.05, 4.69) is 0 Å². The van der Waals surface area contributed by atoms with Gasteiger partial charge in [0.25, 0.3) is 0 Å². The van der Waals surface area contributed by atoms with E-state index in [0.717, 1.165) is 0 Å². The zero-order valence-corrected chi connectivity index (χ0v) is 10.8. The Morgan fingerprint density at radius 3 is 2.30 bits per heavy atom. The maximum Gasteiger partial charge on any atom is 0.334 e. The number of amides is 4. The van der Waals surface area contributed by atoms with Gasteiger partial charge in [0.1, 0.15) is 0 Å². The van der Waals surface area contributed by atoms with Gasteiger partial charge in [-0.25, -0.2) is 9.69 Å². The van der Waals surface area contributed by atoms with Crippen LogP contribution in [-0.2, 0) is 20.9 Å². The molecule has 1 aliphatic heterocycles. The van der Waals surface area contributed by atoms with E-state index in [1.54, 1.807) is 24.3 Å². The molecule has 1 aromatic rings. The highest BCUT2D eigenvalue weighted by atomic mass is 35.5. The lowest BCUT2D eigenvalue weighted by atomic mass is 10.2. The fourth-order valence-corrected chi connectivity index (χ4v) is 1.95. The van der Waals surface area contributed by atoms with E-state index in [1.807, 2.05) is 0 Å². The van der Waals surface area contributed by atoms with Crippen molar-refractivity contribution in [3.8, 4) is 0 Å². The predicted molar refractivity (Wildman–Crippen MR) is 64.1 cm³/mol.